The van der Waals surface area contributed by atoms with Crippen LogP contribution in [0.2, 0.25) is 0 Å². The van der Waals surface area contributed by atoms with Crippen molar-refractivity contribution < 1.29 is 9.59 Å². The largest absolute Gasteiger partial charge is 0.335 e. The first-order valence-electron chi connectivity index (χ1n) is 7.98. The van der Waals surface area contributed by atoms with Gasteiger partial charge in [-0.2, -0.15) is 16.4 Å². The van der Waals surface area contributed by atoms with Crippen LogP contribution < -0.4 is 5.32 Å². The first-order chi connectivity index (χ1) is 11.6. The maximum absolute atomic E-state index is 12.3. The second kappa shape index (κ2) is 7.48. The molecule has 128 valence electrons. The lowest BCUT2D eigenvalue weighted by Crippen LogP contribution is -2.54. The number of carbonyl (C=O) groups is 2. The number of aromatic nitrogens is 2. The SMILES string of the molecule is CC(Cn1cccn1)NC(=O)N1CCN(C(=O)c2ccsc2)CC1. The van der Waals surface area contributed by atoms with E-state index in [-0.39, 0.29) is 18.0 Å². The molecule has 1 aliphatic rings. The van der Waals surface area contributed by atoms with Crippen LogP contribution >= 0.6 is 11.3 Å². The van der Waals surface area contributed by atoms with Crippen molar-refractivity contribution in [2.75, 3.05) is 26.2 Å². The fourth-order valence-corrected chi connectivity index (χ4v) is 3.35. The van der Waals surface area contributed by atoms with Gasteiger partial charge in [-0.05, 0) is 24.4 Å². The number of urea groups is 1. The summed E-state index contributed by atoms with van der Waals surface area (Å²) in [5, 5.41) is 10.9. The molecule has 3 rings (SSSR count). The summed E-state index contributed by atoms with van der Waals surface area (Å²) in [6.07, 6.45) is 3.59. The van der Waals surface area contributed by atoms with Crippen LogP contribution in [0.25, 0.3) is 0 Å². The van der Waals surface area contributed by atoms with Crippen molar-refractivity contribution in [3.05, 3.63) is 40.8 Å². The number of nitrogens with zero attached hydrogens (tertiary/aromatic N) is 4. The van der Waals surface area contributed by atoms with Gasteiger partial charge in [0.2, 0.25) is 0 Å². The van der Waals surface area contributed by atoms with Crippen LogP contribution in [-0.2, 0) is 6.54 Å². The highest BCUT2D eigenvalue weighted by molar-refractivity contribution is 7.08. The van der Waals surface area contributed by atoms with Crippen LogP contribution in [0.3, 0.4) is 0 Å². The molecule has 1 N–H and O–H groups in total. The zero-order valence-corrected chi connectivity index (χ0v) is 14.4. The Balaban J connectivity index is 1.45. The Labute approximate surface area is 144 Å². The van der Waals surface area contributed by atoms with Gasteiger partial charge in [-0.3, -0.25) is 9.48 Å². The number of nitrogens with one attached hydrogen (secondary N) is 1. The lowest BCUT2D eigenvalue weighted by molar-refractivity contribution is 0.0664. The maximum atomic E-state index is 12.3. The molecule has 2 aromatic heterocycles. The van der Waals surface area contributed by atoms with Crippen molar-refractivity contribution in [1.29, 1.82) is 0 Å². The van der Waals surface area contributed by atoms with Crippen LogP contribution in [-0.4, -0.2) is 63.7 Å². The van der Waals surface area contributed by atoms with E-state index in [0.29, 0.717) is 32.7 Å². The maximum Gasteiger partial charge on any atom is 0.317 e. The second-order valence-electron chi connectivity index (χ2n) is 5.87. The molecule has 1 atom stereocenters. The van der Waals surface area contributed by atoms with Gasteiger partial charge < -0.3 is 15.1 Å². The zero-order chi connectivity index (χ0) is 16.9. The lowest BCUT2D eigenvalue weighted by atomic mass is 10.2. The molecular formula is C16H21N5O2S. The van der Waals surface area contributed by atoms with Gasteiger partial charge in [0.1, 0.15) is 0 Å². The Hall–Kier alpha value is -2.35. The predicted molar refractivity (Wildman–Crippen MR) is 92.0 cm³/mol. The van der Waals surface area contributed by atoms with Crippen molar-refractivity contribution in [2.24, 2.45) is 0 Å². The number of piperazine rings is 1. The van der Waals surface area contributed by atoms with Gasteiger partial charge in [-0.15, -0.1) is 0 Å². The second-order valence-corrected chi connectivity index (χ2v) is 6.65. The third kappa shape index (κ3) is 3.94. The molecule has 0 aromatic carbocycles. The summed E-state index contributed by atoms with van der Waals surface area (Å²) in [5.41, 5.74) is 0.728. The van der Waals surface area contributed by atoms with E-state index >= 15 is 0 Å². The normalized spacial score (nSPS) is 16.0. The highest BCUT2D eigenvalue weighted by Crippen LogP contribution is 2.12. The molecule has 1 unspecified atom stereocenters. The summed E-state index contributed by atoms with van der Waals surface area (Å²) < 4.78 is 1.79. The fourth-order valence-electron chi connectivity index (χ4n) is 2.72. The van der Waals surface area contributed by atoms with E-state index in [0.717, 1.165) is 5.56 Å². The standard InChI is InChI=1S/C16H21N5O2S/c1-13(11-21-5-2-4-17-21)18-16(23)20-8-6-19(7-9-20)15(22)14-3-10-24-12-14/h2-5,10,12-13H,6-9,11H2,1H3,(H,18,23). The highest BCUT2D eigenvalue weighted by atomic mass is 32.1. The predicted octanol–water partition coefficient (Wildman–Crippen LogP) is 1.50. The average molecular weight is 347 g/mol. The van der Waals surface area contributed by atoms with Crippen LogP contribution in [0, 0.1) is 0 Å². The molecule has 3 heterocycles. The molecule has 7 nitrogen and oxygen atoms in total. The number of hydrogen-bond donors (Lipinski definition) is 1. The van der Waals surface area contributed by atoms with E-state index < -0.39 is 0 Å². The summed E-state index contributed by atoms with van der Waals surface area (Å²) >= 11 is 1.52. The molecule has 24 heavy (non-hydrogen) atoms. The molecule has 1 aliphatic heterocycles. The number of carbonyl (C=O) groups excluding carboxylic acids is 2. The summed E-state index contributed by atoms with van der Waals surface area (Å²) in [7, 11) is 0. The minimum absolute atomic E-state index is 0.0112. The van der Waals surface area contributed by atoms with E-state index in [9.17, 15) is 9.59 Å². The summed E-state index contributed by atoms with van der Waals surface area (Å²) in [4.78, 5) is 28.2. The van der Waals surface area contributed by atoms with E-state index in [4.69, 9.17) is 0 Å². The first-order valence-corrected chi connectivity index (χ1v) is 8.92. The number of thiophene rings is 1. The van der Waals surface area contributed by atoms with Crippen molar-refractivity contribution in [2.45, 2.75) is 19.5 Å². The van der Waals surface area contributed by atoms with E-state index in [2.05, 4.69) is 10.4 Å². The highest BCUT2D eigenvalue weighted by Gasteiger charge is 2.25. The fraction of sp³-hybridized carbons (Fsp3) is 0.438. The molecule has 1 saturated heterocycles. The van der Waals surface area contributed by atoms with Crippen molar-refractivity contribution in [3.8, 4) is 0 Å². The Morgan fingerprint density at radius 1 is 1.29 bits per heavy atom. The Morgan fingerprint density at radius 2 is 2.04 bits per heavy atom. The smallest absolute Gasteiger partial charge is 0.317 e. The number of rotatable bonds is 4. The van der Waals surface area contributed by atoms with Gasteiger partial charge in [-0.1, -0.05) is 0 Å². The van der Waals surface area contributed by atoms with Crippen molar-refractivity contribution >= 4 is 23.3 Å². The third-order valence-corrected chi connectivity index (χ3v) is 4.70. The molecule has 3 amide bonds. The van der Waals surface area contributed by atoms with Crippen molar-refractivity contribution in [3.63, 3.8) is 0 Å². The Morgan fingerprint density at radius 3 is 2.67 bits per heavy atom. The quantitative estimate of drug-likeness (QED) is 0.911. The summed E-state index contributed by atoms with van der Waals surface area (Å²) in [6, 6.07) is 3.60. The molecule has 0 radical (unpaired) electrons. The van der Waals surface area contributed by atoms with Gasteiger partial charge in [0, 0.05) is 50.0 Å². The molecule has 1 fully saturated rings. The van der Waals surface area contributed by atoms with Crippen LogP contribution in [0.15, 0.2) is 35.3 Å². The summed E-state index contributed by atoms with van der Waals surface area (Å²) in [6.45, 7) is 4.82. The van der Waals surface area contributed by atoms with E-state index in [1.165, 1.54) is 11.3 Å². The number of amides is 3. The average Bonchev–Trinajstić information content (AvgIpc) is 3.27. The zero-order valence-electron chi connectivity index (χ0n) is 13.6. The minimum atomic E-state index is -0.0858. The molecule has 0 bridgehead atoms. The van der Waals surface area contributed by atoms with Gasteiger partial charge >= 0.3 is 6.03 Å². The molecule has 0 saturated carbocycles. The topological polar surface area (TPSA) is 70.5 Å². The van der Waals surface area contributed by atoms with Gasteiger partial charge in [0.25, 0.3) is 5.91 Å². The monoisotopic (exact) mass is 347 g/mol. The Bertz CT molecular complexity index is 663. The molecule has 2 aromatic rings. The van der Waals surface area contributed by atoms with Gasteiger partial charge in [0.05, 0.1) is 12.1 Å². The van der Waals surface area contributed by atoms with Gasteiger partial charge in [0.15, 0.2) is 0 Å². The van der Waals surface area contributed by atoms with Crippen LogP contribution in [0.5, 0.6) is 0 Å². The van der Waals surface area contributed by atoms with Crippen LogP contribution in [0.4, 0.5) is 4.79 Å². The number of hydrogen-bond acceptors (Lipinski definition) is 4. The van der Waals surface area contributed by atoms with Crippen LogP contribution in [0.1, 0.15) is 17.3 Å². The molecule has 0 aliphatic carbocycles. The molecular weight excluding hydrogens is 326 g/mol. The minimum Gasteiger partial charge on any atom is -0.335 e. The third-order valence-electron chi connectivity index (χ3n) is 4.01. The molecule has 8 heteroatoms. The van der Waals surface area contributed by atoms with E-state index in [1.54, 1.807) is 20.7 Å². The first kappa shape index (κ1) is 16.5. The van der Waals surface area contributed by atoms with Gasteiger partial charge in [-0.25, -0.2) is 4.79 Å². The van der Waals surface area contributed by atoms with Crippen molar-refractivity contribution in [1.82, 2.24) is 24.9 Å². The van der Waals surface area contributed by atoms with E-state index in [1.807, 2.05) is 36.0 Å². The lowest BCUT2D eigenvalue weighted by Gasteiger charge is -2.35. The molecule has 0 spiro atoms. The Kier molecular flexibility index (Phi) is 5.14. The summed E-state index contributed by atoms with van der Waals surface area (Å²) in [5.74, 6) is 0.0448.